The molecular weight excluding hydrogens is 282 g/mol. The molecule has 0 fully saturated rings. The van der Waals surface area contributed by atoms with Crippen molar-refractivity contribution in [3.05, 3.63) is 35.7 Å². The standard InChI is InChI=1S/C16H21N3O3/c1-10(7-8-20)17-16(21)19-14-6-4-5-13(9-14)15-18-11(2)12(3)22-15/h4-6,9-10,20H,7-8H2,1-3H3,(H2,17,19,21)/t10-/m1/s1. The Hall–Kier alpha value is -2.34. The third-order valence-corrected chi connectivity index (χ3v) is 3.34. The Morgan fingerprint density at radius 1 is 1.41 bits per heavy atom. The summed E-state index contributed by atoms with van der Waals surface area (Å²) in [4.78, 5) is 16.2. The molecule has 2 aromatic rings. The van der Waals surface area contributed by atoms with Crippen LogP contribution in [0.15, 0.2) is 28.7 Å². The van der Waals surface area contributed by atoms with Crippen molar-refractivity contribution in [2.45, 2.75) is 33.2 Å². The minimum atomic E-state index is -0.308. The van der Waals surface area contributed by atoms with E-state index in [0.717, 1.165) is 17.0 Å². The molecule has 6 nitrogen and oxygen atoms in total. The zero-order chi connectivity index (χ0) is 16.1. The van der Waals surface area contributed by atoms with Crippen molar-refractivity contribution in [2.75, 3.05) is 11.9 Å². The number of hydrogen-bond donors (Lipinski definition) is 3. The first kappa shape index (κ1) is 16.0. The SMILES string of the molecule is Cc1nc(-c2cccc(NC(=O)N[C@H](C)CCO)c2)oc1C. The van der Waals surface area contributed by atoms with Gasteiger partial charge in [-0.2, -0.15) is 0 Å². The average molecular weight is 303 g/mol. The number of aliphatic hydroxyl groups excluding tert-OH is 1. The number of rotatable bonds is 5. The van der Waals surface area contributed by atoms with Gasteiger partial charge in [0.05, 0.1) is 5.69 Å². The molecule has 0 bridgehead atoms. The van der Waals surface area contributed by atoms with E-state index >= 15 is 0 Å². The highest BCUT2D eigenvalue weighted by Gasteiger charge is 2.10. The Labute approximate surface area is 129 Å². The quantitative estimate of drug-likeness (QED) is 0.792. The van der Waals surface area contributed by atoms with E-state index in [0.29, 0.717) is 18.0 Å². The Balaban J connectivity index is 2.07. The number of aromatic nitrogens is 1. The molecule has 1 aromatic heterocycles. The number of carbonyl (C=O) groups is 1. The molecule has 0 aliphatic carbocycles. The Kier molecular flexibility index (Phi) is 5.16. The number of carbonyl (C=O) groups excluding carboxylic acids is 1. The van der Waals surface area contributed by atoms with Crippen molar-refractivity contribution < 1.29 is 14.3 Å². The van der Waals surface area contributed by atoms with Crippen molar-refractivity contribution in [1.29, 1.82) is 0 Å². The van der Waals surface area contributed by atoms with Gasteiger partial charge in [-0.1, -0.05) is 6.07 Å². The van der Waals surface area contributed by atoms with Gasteiger partial charge in [-0.15, -0.1) is 0 Å². The second kappa shape index (κ2) is 7.09. The molecular formula is C16H21N3O3. The molecule has 0 saturated carbocycles. The van der Waals surface area contributed by atoms with Crippen LogP contribution in [0.1, 0.15) is 24.8 Å². The lowest BCUT2D eigenvalue weighted by atomic mass is 10.2. The number of nitrogens with one attached hydrogen (secondary N) is 2. The van der Waals surface area contributed by atoms with Gasteiger partial charge in [0.1, 0.15) is 5.76 Å². The van der Waals surface area contributed by atoms with Crippen molar-refractivity contribution in [3.63, 3.8) is 0 Å². The van der Waals surface area contributed by atoms with Gasteiger partial charge in [0.25, 0.3) is 0 Å². The molecule has 0 spiro atoms. The highest BCUT2D eigenvalue weighted by molar-refractivity contribution is 5.90. The number of amides is 2. The van der Waals surface area contributed by atoms with E-state index in [1.54, 1.807) is 12.1 Å². The lowest BCUT2D eigenvalue weighted by molar-refractivity contribution is 0.241. The summed E-state index contributed by atoms with van der Waals surface area (Å²) in [5.74, 6) is 1.32. The van der Waals surface area contributed by atoms with Crippen molar-refractivity contribution in [2.24, 2.45) is 0 Å². The van der Waals surface area contributed by atoms with E-state index in [1.807, 2.05) is 32.9 Å². The van der Waals surface area contributed by atoms with Crippen LogP contribution in [0.2, 0.25) is 0 Å². The number of oxazole rings is 1. The minimum absolute atomic E-state index is 0.0415. The summed E-state index contributed by atoms with van der Waals surface area (Å²) in [6.07, 6.45) is 0.516. The van der Waals surface area contributed by atoms with Gasteiger partial charge in [-0.25, -0.2) is 9.78 Å². The molecule has 6 heteroatoms. The van der Waals surface area contributed by atoms with Gasteiger partial charge < -0.3 is 20.2 Å². The van der Waals surface area contributed by atoms with Crippen LogP contribution in [-0.2, 0) is 0 Å². The summed E-state index contributed by atoms with van der Waals surface area (Å²) >= 11 is 0. The Morgan fingerprint density at radius 2 is 2.18 bits per heavy atom. The van der Waals surface area contributed by atoms with Crippen LogP contribution in [0.3, 0.4) is 0 Å². The van der Waals surface area contributed by atoms with Gasteiger partial charge in [0, 0.05) is 23.9 Å². The number of benzene rings is 1. The molecule has 0 radical (unpaired) electrons. The lowest BCUT2D eigenvalue weighted by Crippen LogP contribution is -2.36. The summed E-state index contributed by atoms with van der Waals surface area (Å²) < 4.78 is 5.59. The van der Waals surface area contributed by atoms with Crippen molar-refractivity contribution in [3.8, 4) is 11.5 Å². The molecule has 2 rings (SSSR count). The van der Waals surface area contributed by atoms with Crippen LogP contribution in [0.4, 0.5) is 10.5 Å². The van der Waals surface area contributed by atoms with E-state index in [-0.39, 0.29) is 18.7 Å². The van der Waals surface area contributed by atoms with Crippen molar-refractivity contribution >= 4 is 11.7 Å². The smallest absolute Gasteiger partial charge is 0.319 e. The van der Waals surface area contributed by atoms with Crippen LogP contribution in [0, 0.1) is 13.8 Å². The Morgan fingerprint density at radius 3 is 2.82 bits per heavy atom. The highest BCUT2D eigenvalue weighted by atomic mass is 16.4. The zero-order valence-corrected chi connectivity index (χ0v) is 13.0. The summed E-state index contributed by atoms with van der Waals surface area (Å²) in [7, 11) is 0. The maximum absolute atomic E-state index is 11.9. The van der Waals surface area contributed by atoms with E-state index in [1.165, 1.54) is 0 Å². The van der Waals surface area contributed by atoms with E-state index < -0.39 is 0 Å². The molecule has 1 heterocycles. The van der Waals surface area contributed by atoms with E-state index in [4.69, 9.17) is 9.52 Å². The van der Waals surface area contributed by atoms with Gasteiger partial charge >= 0.3 is 6.03 Å². The number of urea groups is 1. The van der Waals surface area contributed by atoms with Crippen LogP contribution >= 0.6 is 0 Å². The molecule has 0 aliphatic rings. The summed E-state index contributed by atoms with van der Waals surface area (Å²) in [6.45, 7) is 5.63. The first-order chi connectivity index (χ1) is 10.5. The third-order valence-electron chi connectivity index (χ3n) is 3.34. The number of aliphatic hydroxyl groups is 1. The van der Waals surface area contributed by atoms with Gasteiger partial charge in [0.15, 0.2) is 0 Å². The largest absolute Gasteiger partial charge is 0.441 e. The first-order valence-electron chi connectivity index (χ1n) is 7.22. The molecule has 2 amide bonds. The second-order valence-electron chi connectivity index (χ2n) is 5.25. The van der Waals surface area contributed by atoms with Gasteiger partial charge in [0.2, 0.25) is 5.89 Å². The zero-order valence-electron chi connectivity index (χ0n) is 13.0. The van der Waals surface area contributed by atoms with Gasteiger partial charge in [-0.3, -0.25) is 0 Å². The first-order valence-corrected chi connectivity index (χ1v) is 7.22. The maximum atomic E-state index is 11.9. The average Bonchev–Trinajstić information content (AvgIpc) is 2.79. The van der Waals surface area contributed by atoms with Crippen LogP contribution in [-0.4, -0.2) is 28.8 Å². The molecule has 0 unspecified atom stereocenters. The predicted molar refractivity (Wildman–Crippen MR) is 84.7 cm³/mol. The second-order valence-corrected chi connectivity index (χ2v) is 5.25. The fourth-order valence-electron chi connectivity index (χ4n) is 1.98. The third kappa shape index (κ3) is 4.08. The Bertz CT molecular complexity index is 632. The molecule has 3 N–H and O–H groups in total. The van der Waals surface area contributed by atoms with E-state index in [2.05, 4.69) is 15.6 Å². The maximum Gasteiger partial charge on any atom is 0.319 e. The fourth-order valence-corrected chi connectivity index (χ4v) is 1.98. The number of nitrogens with zero attached hydrogens (tertiary/aromatic N) is 1. The van der Waals surface area contributed by atoms with Crippen LogP contribution < -0.4 is 10.6 Å². The predicted octanol–water partition coefficient (Wildman–Crippen LogP) is 2.85. The topological polar surface area (TPSA) is 87.4 Å². The number of anilines is 1. The fraction of sp³-hybridized carbons (Fsp3) is 0.375. The molecule has 0 aliphatic heterocycles. The number of hydrogen-bond acceptors (Lipinski definition) is 4. The van der Waals surface area contributed by atoms with Gasteiger partial charge in [-0.05, 0) is 45.4 Å². The minimum Gasteiger partial charge on any atom is -0.441 e. The highest BCUT2D eigenvalue weighted by Crippen LogP contribution is 2.23. The van der Waals surface area contributed by atoms with Crippen LogP contribution in [0.5, 0.6) is 0 Å². The van der Waals surface area contributed by atoms with Crippen molar-refractivity contribution in [1.82, 2.24) is 10.3 Å². The normalized spacial score (nSPS) is 12.0. The summed E-state index contributed by atoms with van der Waals surface area (Å²) in [6, 6.07) is 6.91. The molecule has 1 atom stereocenters. The molecule has 0 saturated heterocycles. The summed E-state index contributed by atoms with van der Waals surface area (Å²) in [5, 5.41) is 14.4. The molecule has 1 aromatic carbocycles. The molecule has 22 heavy (non-hydrogen) atoms. The summed E-state index contributed by atoms with van der Waals surface area (Å²) in [5.41, 5.74) is 2.31. The molecule has 118 valence electrons. The lowest BCUT2D eigenvalue weighted by Gasteiger charge is -2.13. The van der Waals surface area contributed by atoms with E-state index in [9.17, 15) is 4.79 Å². The monoisotopic (exact) mass is 303 g/mol. The van der Waals surface area contributed by atoms with Crippen LogP contribution in [0.25, 0.3) is 11.5 Å². The number of aryl methyl sites for hydroxylation is 2.